The van der Waals surface area contributed by atoms with Crippen molar-refractivity contribution in [3.8, 4) is 11.1 Å². The first kappa shape index (κ1) is 40.8. The van der Waals surface area contributed by atoms with Crippen LogP contribution < -0.4 is 9.80 Å². The largest absolute Gasteiger partial charge is 0.310 e. The van der Waals surface area contributed by atoms with E-state index in [1.54, 1.807) is 11.1 Å². The molecule has 2 nitrogen and oxygen atoms in total. The highest BCUT2D eigenvalue weighted by Gasteiger charge is 2.60. The third-order valence-corrected chi connectivity index (χ3v) is 23.8. The molecule has 0 atom stereocenters. The van der Waals surface area contributed by atoms with Crippen molar-refractivity contribution in [2.45, 2.75) is 71.6 Å². The summed E-state index contributed by atoms with van der Waals surface area (Å²) in [6.07, 6.45) is 0. The van der Waals surface area contributed by atoms with E-state index in [4.69, 9.17) is 0 Å². The standard InChI is InChI=1S/C59H58N2Si2/c1-39-29-40(2)32-49(31-39)60(45-19-13-11-14-20-45)47-26-25-43-36-55-56(37-44(43)35-47)59(62(5,6)7,63(8,9)10)58-53-28-27-48(38-54(53)51-23-17-18-24-52(51)57(55)58)61(46-21-15-12-16-22-46)50-33-41(3)30-42(4)34-50/h11-38H,1-10H3. The van der Waals surface area contributed by atoms with E-state index in [1.165, 1.54) is 88.4 Å². The summed E-state index contributed by atoms with van der Waals surface area (Å²) in [5, 5.41) is 7.99. The molecule has 9 aromatic rings. The van der Waals surface area contributed by atoms with Gasteiger partial charge in [-0.1, -0.05) is 130 Å². The Morgan fingerprint density at radius 1 is 0.349 bits per heavy atom. The van der Waals surface area contributed by atoms with E-state index >= 15 is 0 Å². The number of para-hydroxylation sites is 2. The maximum Gasteiger partial charge on any atom is 0.0579 e. The summed E-state index contributed by atoms with van der Waals surface area (Å²) in [7, 11) is -4.14. The summed E-state index contributed by atoms with van der Waals surface area (Å²) in [5.41, 5.74) is 18.1. The van der Waals surface area contributed by atoms with E-state index in [0.29, 0.717) is 0 Å². The van der Waals surface area contributed by atoms with Gasteiger partial charge in [0, 0.05) is 38.8 Å². The quantitative estimate of drug-likeness (QED) is 0.111. The van der Waals surface area contributed by atoms with Gasteiger partial charge in [-0.25, -0.2) is 0 Å². The number of aryl methyl sites for hydroxylation is 4. The van der Waals surface area contributed by atoms with Crippen molar-refractivity contribution < 1.29 is 0 Å². The molecule has 1 aliphatic rings. The minimum absolute atomic E-state index is 0.0712. The Labute approximate surface area is 376 Å². The lowest BCUT2D eigenvalue weighted by molar-refractivity contribution is 0.965. The van der Waals surface area contributed by atoms with Crippen LogP contribution >= 0.6 is 0 Å². The SMILES string of the molecule is Cc1cc(C)cc(N(c2ccccc2)c2ccc3cc4c(cc3c2)C([Si](C)(C)C)([Si](C)(C)C)c2c-4c3ccccc3c3cc(N(c4ccccc4)c4cc(C)cc(C)c4)ccc23)c1. The number of anilines is 6. The van der Waals surface area contributed by atoms with Crippen LogP contribution in [0, 0.1) is 27.7 Å². The predicted octanol–water partition coefficient (Wildman–Crippen LogP) is 17.3. The highest BCUT2D eigenvalue weighted by molar-refractivity contribution is 7.00. The van der Waals surface area contributed by atoms with Crippen LogP contribution in [0.25, 0.3) is 43.4 Å². The zero-order valence-corrected chi connectivity index (χ0v) is 40.6. The fraction of sp³-hybridized carbons (Fsp3) is 0.186. The molecule has 0 saturated heterocycles. The van der Waals surface area contributed by atoms with Crippen molar-refractivity contribution in [3.05, 3.63) is 203 Å². The van der Waals surface area contributed by atoms with Crippen molar-refractivity contribution in [1.82, 2.24) is 0 Å². The topological polar surface area (TPSA) is 6.48 Å². The normalized spacial score (nSPS) is 13.4. The smallest absolute Gasteiger partial charge is 0.0579 e. The van der Waals surface area contributed by atoms with Crippen LogP contribution in [0.4, 0.5) is 34.1 Å². The Bertz CT molecular complexity index is 3190. The van der Waals surface area contributed by atoms with Gasteiger partial charge in [0.05, 0.1) is 16.1 Å². The Morgan fingerprint density at radius 3 is 1.35 bits per heavy atom. The van der Waals surface area contributed by atoms with Gasteiger partial charge in [-0.05, 0) is 183 Å². The number of nitrogens with zero attached hydrogens (tertiary/aromatic N) is 2. The fourth-order valence-electron chi connectivity index (χ4n) is 12.0. The first-order valence-corrected chi connectivity index (χ1v) is 29.6. The van der Waals surface area contributed by atoms with Gasteiger partial charge < -0.3 is 9.80 Å². The van der Waals surface area contributed by atoms with Crippen LogP contribution in [0.15, 0.2) is 170 Å². The molecule has 0 aromatic heterocycles. The monoisotopic (exact) mass is 850 g/mol. The van der Waals surface area contributed by atoms with Gasteiger partial charge >= 0.3 is 0 Å². The van der Waals surface area contributed by atoms with Crippen molar-refractivity contribution in [1.29, 1.82) is 0 Å². The summed E-state index contributed by atoms with van der Waals surface area (Å²) in [6.45, 7) is 24.7. The first-order chi connectivity index (χ1) is 30.1. The van der Waals surface area contributed by atoms with Crippen LogP contribution in [-0.4, -0.2) is 16.1 Å². The number of benzene rings is 9. The molecule has 10 rings (SSSR count). The minimum Gasteiger partial charge on any atom is -0.310 e. The number of fused-ring (bicyclic) bond motifs is 9. The summed E-state index contributed by atoms with van der Waals surface area (Å²) < 4.78 is -0.0712. The van der Waals surface area contributed by atoms with E-state index in [2.05, 4.69) is 247 Å². The molecule has 0 saturated carbocycles. The Balaban J connectivity index is 1.26. The van der Waals surface area contributed by atoms with E-state index in [-0.39, 0.29) is 4.66 Å². The maximum atomic E-state index is 2.65. The Kier molecular flexibility index (Phi) is 9.70. The summed E-state index contributed by atoms with van der Waals surface area (Å²) in [5.74, 6) is 0. The molecule has 0 aliphatic heterocycles. The first-order valence-electron chi connectivity index (χ1n) is 22.6. The lowest BCUT2D eigenvalue weighted by atomic mass is 9.90. The molecule has 0 bridgehead atoms. The van der Waals surface area contributed by atoms with Gasteiger partial charge in [-0.15, -0.1) is 0 Å². The Hall–Kier alpha value is -6.21. The molecule has 4 heteroatoms. The third kappa shape index (κ3) is 6.57. The van der Waals surface area contributed by atoms with Gasteiger partial charge in [0.2, 0.25) is 0 Å². The maximum absolute atomic E-state index is 2.65. The molecule has 0 N–H and O–H groups in total. The molecule has 0 amide bonds. The fourth-order valence-corrected chi connectivity index (χ4v) is 25.0. The average Bonchev–Trinajstić information content (AvgIpc) is 3.55. The third-order valence-electron chi connectivity index (χ3n) is 13.7. The van der Waals surface area contributed by atoms with Crippen molar-refractivity contribution >= 4 is 82.6 Å². The van der Waals surface area contributed by atoms with Crippen molar-refractivity contribution in [2.24, 2.45) is 0 Å². The van der Waals surface area contributed by atoms with Gasteiger partial charge in [0.1, 0.15) is 0 Å². The highest BCUT2D eigenvalue weighted by atomic mass is 28.4. The minimum atomic E-state index is -2.07. The molecule has 0 fully saturated rings. The van der Waals surface area contributed by atoms with Crippen molar-refractivity contribution in [3.63, 3.8) is 0 Å². The van der Waals surface area contributed by atoms with Crippen LogP contribution in [-0.2, 0) is 4.66 Å². The molecule has 63 heavy (non-hydrogen) atoms. The van der Waals surface area contributed by atoms with Crippen LogP contribution in [0.2, 0.25) is 39.3 Å². The van der Waals surface area contributed by atoms with E-state index in [1.807, 2.05) is 0 Å². The van der Waals surface area contributed by atoms with Gasteiger partial charge in [-0.2, -0.15) is 0 Å². The van der Waals surface area contributed by atoms with Crippen LogP contribution in [0.3, 0.4) is 0 Å². The molecule has 0 heterocycles. The van der Waals surface area contributed by atoms with Gasteiger partial charge in [-0.3, -0.25) is 0 Å². The molecular formula is C59H58N2Si2. The zero-order valence-electron chi connectivity index (χ0n) is 38.6. The number of rotatable bonds is 8. The molecule has 9 aromatic carbocycles. The van der Waals surface area contributed by atoms with E-state index in [9.17, 15) is 0 Å². The molecular weight excluding hydrogens is 793 g/mol. The molecule has 0 spiro atoms. The summed E-state index contributed by atoms with van der Waals surface area (Å²) >= 11 is 0. The second kappa shape index (κ2) is 15.0. The van der Waals surface area contributed by atoms with Crippen molar-refractivity contribution in [2.75, 3.05) is 9.80 Å². The number of hydrogen-bond donors (Lipinski definition) is 0. The number of hydrogen-bond acceptors (Lipinski definition) is 2. The lowest BCUT2D eigenvalue weighted by Gasteiger charge is -2.51. The lowest BCUT2D eigenvalue weighted by Crippen LogP contribution is -2.63. The van der Waals surface area contributed by atoms with E-state index < -0.39 is 16.1 Å². The van der Waals surface area contributed by atoms with Gasteiger partial charge in [0.25, 0.3) is 0 Å². The predicted molar refractivity (Wildman–Crippen MR) is 280 cm³/mol. The molecule has 312 valence electrons. The second-order valence-corrected chi connectivity index (χ2v) is 31.2. The van der Waals surface area contributed by atoms with E-state index in [0.717, 1.165) is 11.4 Å². The van der Waals surface area contributed by atoms with Crippen LogP contribution in [0.1, 0.15) is 33.4 Å². The Morgan fingerprint density at radius 2 is 0.825 bits per heavy atom. The van der Waals surface area contributed by atoms with Gasteiger partial charge in [0.15, 0.2) is 0 Å². The average molecular weight is 851 g/mol. The second-order valence-electron chi connectivity index (χ2n) is 20.2. The molecule has 0 radical (unpaired) electrons. The highest BCUT2D eigenvalue weighted by Crippen LogP contribution is 2.62. The van der Waals surface area contributed by atoms with Crippen LogP contribution in [0.5, 0.6) is 0 Å². The molecule has 0 unspecified atom stereocenters. The summed E-state index contributed by atoms with van der Waals surface area (Å²) in [4.78, 5) is 4.88. The summed E-state index contributed by atoms with van der Waals surface area (Å²) in [6, 6.07) is 64.5. The molecule has 1 aliphatic carbocycles. The zero-order chi connectivity index (χ0) is 44.0.